The first kappa shape index (κ1) is 16.3. The second-order valence-corrected chi connectivity index (χ2v) is 5.74. The van der Waals surface area contributed by atoms with Crippen molar-refractivity contribution in [3.8, 4) is 0 Å². The fourth-order valence-corrected chi connectivity index (χ4v) is 2.49. The van der Waals surface area contributed by atoms with Gasteiger partial charge in [-0.3, -0.25) is 0 Å². The monoisotopic (exact) mass is 320 g/mol. The Bertz CT molecular complexity index is 703. The highest BCUT2D eigenvalue weighted by Gasteiger charge is 2.13. The lowest BCUT2D eigenvalue weighted by Gasteiger charge is -2.17. The third-order valence-electron chi connectivity index (χ3n) is 3.42. The average Bonchev–Trinajstić information content (AvgIpc) is 2.41. The van der Waals surface area contributed by atoms with Crippen molar-refractivity contribution in [1.29, 1.82) is 0 Å². The minimum atomic E-state index is -0.568. The normalized spacial score (nSPS) is 11.9. The molecule has 0 aliphatic carbocycles. The molecule has 2 aromatic rings. The molecule has 0 heterocycles. The van der Waals surface area contributed by atoms with Gasteiger partial charge in [0, 0.05) is 5.02 Å². The first-order valence-corrected chi connectivity index (χ1v) is 7.34. The van der Waals surface area contributed by atoms with Gasteiger partial charge in [0.15, 0.2) is 0 Å². The molecule has 116 valence electrons. The van der Waals surface area contributed by atoms with Crippen LogP contribution in [0.15, 0.2) is 36.4 Å². The molecule has 0 unspecified atom stereocenters. The number of hydrogen-bond acceptors (Lipinski definition) is 1. The van der Waals surface area contributed by atoms with E-state index in [-0.39, 0.29) is 16.8 Å². The molecule has 2 amide bonds. The lowest BCUT2D eigenvalue weighted by atomic mass is 10.0. The van der Waals surface area contributed by atoms with Gasteiger partial charge in [-0.25, -0.2) is 9.18 Å². The van der Waals surface area contributed by atoms with Crippen molar-refractivity contribution in [1.82, 2.24) is 5.32 Å². The molecule has 0 saturated carbocycles. The maximum absolute atomic E-state index is 13.7. The van der Waals surface area contributed by atoms with Crippen molar-refractivity contribution in [3.63, 3.8) is 0 Å². The Morgan fingerprint density at radius 1 is 1.18 bits per heavy atom. The van der Waals surface area contributed by atoms with Crippen LogP contribution < -0.4 is 10.6 Å². The predicted octanol–water partition coefficient (Wildman–Crippen LogP) is 4.98. The average molecular weight is 321 g/mol. The van der Waals surface area contributed by atoms with E-state index in [4.69, 9.17) is 11.6 Å². The number of urea groups is 1. The summed E-state index contributed by atoms with van der Waals surface area (Å²) in [7, 11) is 0. The zero-order valence-corrected chi connectivity index (χ0v) is 13.5. The van der Waals surface area contributed by atoms with Gasteiger partial charge < -0.3 is 10.6 Å². The van der Waals surface area contributed by atoms with E-state index in [1.807, 2.05) is 32.9 Å². The van der Waals surface area contributed by atoms with E-state index in [1.165, 1.54) is 17.7 Å². The SMILES string of the molecule is Cc1ccc([C@@H](C)NC(=O)Nc2ccc(Cl)cc2F)c(C)c1. The minimum absolute atomic E-state index is 0.0923. The number of carbonyl (C=O) groups is 1. The van der Waals surface area contributed by atoms with Crippen LogP contribution in [0.25, 0.3) is 0 Å². The van der Waals surface area contributed by atoms with Crippen molar-refractivity contribution < 1.29 is 9.18 Å². The van der Waals surface area contributed by atoms with Crippen LogP contribution in [0.1, 0.15) is 29.7 Å². The Balaban J connectivity index is 2.05. The summed E-state index contributed by atoms with van der Waals surface area (Å²) in [5.41, 5.74) is 3.39. The van der Waals surface area contributed by atoms with Crippen LogP contribution in [0.5, 0.6) is 0 Å². The molecule has 0 fully saturated rings. The van der Waals surface area contributed by atoms with Crippen LogP contribution in [0.3, 0.4) is 0 Å². The molecule has 0 radical (unpaired) electrons. The van der Waals surface area contributed by atoms with Crippen LogP contribution in [-0.4, -0.2) is 6.03 Å². The largest absolute Gasteiger partial charge is 0.331 e. The number of hydrogen-bond donors (Lipinski definition) is 2. The minimum Gasteiger partial charge on any atom is -0.331 e. The van der Waals surface area contributed by atoms with E-state index in [0.717, 1.165) is 17.2 Å². The third-order valence-corrected chi connectivity index (χ3v) is 3.65. The summed E-state index contributed by atoms with van der Waals surface area (Å²) in [5, 5.41) is 5.57. The molecule has 0 spiro atoms. The van der Waals surface area contributed by atoms with Crippen molar-refractivity contribution in [3.05, 3.63) is 63.9 Å². The van der Waals surface area contributed by atoms with Crippen LogP contribution in [0, 0.1) is 19.7 Å². The van der Waals surface area contributed by atoms with Gasteiger partial charge in [-0.05, 0) is 50.1 Å². The molecule has 2 rings (SSSR count). The van der Waals surface area contributed by atoms with E-state index in [1.54, 1.807) is 0 Å². The fourth-order valence-electron chi connectivity index (χ4n) is 2.34. The van der Waals surface area contributed by atoms with Gasteiger partial charge in [-0.1, -0.05) is 35.4 Å². The molecule has 22 heavy (non-hydrogen) atoms. The molecule has 2 N–H and O–H groups in total. The van der Waals surface area contributed by atoms with E-state index in [9.17, 15) is 9.18 Å². The number of nitrogens with one attached hydrogen (secondary N) is 2. The van der Waals surface area contributed by atoms with Crippen LogP contribution in [0.4, 0.5) is 14.9 Å². The molecular weight excluding hydrogens is 303 g/mol. The van der Waals surface area contributed by atoms with Gasteiger partial charge >= 0.3 is 6.03 Å². The number of anilines is 1. The quantitative estimate of drug-likeness (QED) is 0.823. The predicted molar refractivity (Wildman–Crippen MR) is 87.9 cm³/mol. The summed E-state index contributed by atoms with van der Waals surface area (Å²) in [5.74, 6) is -0.568. The number of rotatable bonds is 3. The van der Waals surface area contributed by atoms with Crippen molar-refractivity contribution in [2.45, 2.75) is 26.8 Å². The molecule has 0 aromatic heterocycles. The summed E-state index contributed by atoms with van der Waals surface area (Å²) in [6.45, 7) is 5.90. The second-order valence-electron chi connectivity index (χ2n) is 5.30. The Morgan fingerprint density at radius 2 is 1.91 bits per heavy atom. The first-order valence-electron chi connectivity index (χ1n) is 6.96. The lowest BCUT2D eigenvalue weighted by Crippen LogP contribution is -2.31. The van der Waals surface area contributed by atoms with Gasteiger partial charge in [-0.2, -0.15) is 0 Å². The molecular formula is C17H18ClFN2O. The molecule has 2 aromatic carbocycles. The zero-order chi connectivity index (χ0) is 16.3. The number of benzene rings is 2. The van der Waals surface area contributed by atoms with E-state index in [0.29, 0.717) is 0 Å². The van der Waals surface area contributed by atoms with Crippen LogP contribution in [0.2, 0.25) is 5.02 Å². The summed E-state index contributed by atoms with van der Waals surface area (Å²) < 4.78 is 13.7. The van der Waals surface area contributed by atoms with E-state index >= 15 is 0 Å². The summed E-state index contributed by atoms with van der Waals surface area (Å²) >= 11 is 5.68. The van der Waals surface area contributed by atoms with Crippen LogP contribution in [-0.2, 0) is 0 Å². The topological polar surface area (TPSA) is 41.1 Å². The van der Waals surface area contributed by atoms with Gasteiger partial charge in [0.2, 0.25) is 0 Å². The van der Waals surface area contributed by atoms with Gasteiger partial charge in [0.25, 0.3) is 0 Å². The number of aryl methyl sites for hydroxylation is 2. The van der Waals surface area contributed by atoms with E-state index in [2.05, 4.69) is 16.7 Å². The molecule has 0 aliphatic rings. The molecule has 3 nitrogen and oxygen atoms in total. The molecule has 0 saturated heterocycles. The number of halogens is 2. The highest BCUT2D eigenvalue weighted by Crippen LogP contribution is 2.20. The second kappa shape index (κ2) is 6.79. The number of amides is 2. The van der Waals surface area contributed by atoms with Gasteiger partial charge in [0.05, 0.1) is 11.7 Å². The number of carbonyl (C=O) groups excluding carboxylic acids is 1. The zero-order valence-electron chi connectivity index (χ0n) is 12.7. The first-order chi connectivity index (χ1) is 10.4. The Morgan fingerprint density at radius 3 is 2.55 bits per heavy atom. The third kappa shape index (κ3) is 3.98. The Labute approximate surface area is 134 Å². The molecule has 1 atom stereocenters. The van der Waals surface area contributed by atoms with Crippen LogP contribution >= 0.6 is 11.6 Å². The van der Waals surface area contributed by atoms with Gasteiger partial charge in [-0.15, -0.1) is 0 Å². The molecule has 0 bridgehead atoms. The maximum atomic E-state index is 13.7. The highest BCUT2D eigenvalue weighted by atomic mass is 35.5. The highest BCUT2D eigenvalue weighted by molar-refractivity contribution is 6.30. The van der Waals surface area contributed by atoms with Gasteiger partial charge in [0.1, 0.15) is 5.82 Å². The van der Waals surface area contributed by atoms with Crippen molar-refractivity contribution >= 4 is 23.3 Å². The smallest absolute Gasteiger partial charge is 0.319 e. The molecule has 0 aliphatic heterocycles. The lowest BCUT2D eigenvalue weighted by molar-refractivity contribution is 0.249. The Kier molecular flexibility index (Phi) is 5.03. The van der Waals surface area contributed by atoms with E-state index < -0.39 is 11.8 Å². The fraction of sp³-hybridized carbons (Fsp3) is 0.235. The maximum Gasteiger partial charge on any atom is 0.319 e. The van der Waals surface area contributed by atoms with Crippen molar-refractivity contribution in [2.75, 3.05) is 5.32 Å². The van der Waals surface area contributed by atoms with Crippen molar-refractivity contribution in [2.24, 2.45) is 0 Å². The molecule has 5 heteroatoms. The standard InChI is InChI=1S/C17H18ClFN2O/c1-10-4-6-14(11(2)8-10)12(3)20-17(22)21-16-7-5-13(18)9-15(16)19/h4-9,12H,1-3H3,(H2,20,21,22)/t12-/m1/s1. The summed E-state index contributed by atoms with van der Waals surface area (Å²) in [6.07, 6.45) is 0. The summed E-state index contributed by atoms with van der Waals surface area (Å²) in [6, 6.07) is 9.50. The summed E-state index contributed by atoms with van der Waals surface area (Å²) in [4.78, 5) is 12.0. The Hall–Kier alpha value is -2.07.